The third-order valence-electron chi connectivity index (χ3n) is 2.89. The van der Waals surface area contributed by atoms with Crippen molar-refractivity contribution >= 4 is 23.4 Å². The summed E-state index contributed by atoms with van der Waals surface area (Å²) in [5, 5.41) is 26.0. The maximum Gasteiger partial charge on any atom is 0.396 e. The number of nitrogens with one attached hydrogen (secondary N) is 2. The normalized spacial score (nSPS) is 11.5. The van der Waals surface area contributed by atoms with Crippen LogP contribution in [-0.2, 0) is 0 Å². The van der Waals surface area contributed by atoms with Crippen molar-refractivity contribution in [3.63, 3.8) is 0 Å². The molecular formula is C14H16N5O3-. The fraction of sp³-hybridized carbons (Fsp3) is 0.214. The van der Waals surface area contributed by atoms with Crippen LogP contribution in [0.25, 0.3) is 0 Å². The predicted octanol–water partition coefficient (Wildman–Crippen LogP) is 2.50. The Balaban J connectivity index is 2.04. The van der Waals surface area contributed by atoms with Crippen LogP contribution >= 0.6 is 0 Å². The van der Waals surface area contributed by atoms with E-state index in [1.54, 1.807) is 24.5 Å². The molecule has 0 spiro atoms. The largest absolute Gasteiger partial charge is 0.753 e. The Morgan fingerprint density at radius 2 is 2.09 bits per heavy atom. The molecule has 3 N–H and O–H groups in total. The molecular weight excluding hydrogens is 286 g/mol. The Morgan fingerprint density at radius 1 is 1.32 bits per heavy atom. The summed E-state index contributed by atoms with van der Waals surface area (Å²) in [5.74, 6) is 1.17. The van der Waals surface area contributed by atoms with Crippen molar-refractivity contribution in [3.05, 3.63) is 47.9 Å². The number of pyridine rings is 2. The van der Waals surface area contributed by atoms with E-state index in [0.29, 0.717) is 17.3 Å². The molecule has 0 aliphatic carbocycles. The van der Waals surface area contributed by atoms with E-state index in [4.69, 9.17) is 5.11 Å². The Labute approximate surface area is 127 Å². The second-order valence-electron chi connectivity index (χ2n) is 4.58. The third-order valence-corrected chi connectivity index (χ3v) is 2.89. The smallest absolute Gasteiger partial charge is 0.396 e. The molecule has 0 saturated carbocycles. The zero-order valence-corrected chi connectivity index (χ0v) is 11.9. The molecule has 0 radical (unpaired) electrons. The van der Waals surface area contributed by atoms with E-state index in [1.165, 1.54) is 6.92 Å². The van der Waals surface area contributed by atoms with Crippen molar-refractivity contribution in [2.24, 2.45) is 0 Å². The molecule has 8 nitrogen and oxygen atoms in total. The Bertz CT molecular complexity index is 623. The molecule has 1 unspecified atom stereocenters. The van der Waals surface area contributed by atoms with Gasteiger partial charge in [0.25, 0.3) is 0 Å². The summed E-state index contributed by atoms with van der Waals surface area (Å²) in [6.45, 7) is 1.66. The van der Waals surface area contributed by atoms with E-state index in [-0.39, 0.29) is 11.6 Å². The highest BCUT2D eigenvalue weighted by atomic mass is 16.6. The van der Waals surface area contributed by atoms with Gasteiger partial charge in [-0.25, -0.2) is 14.8 Å². The maximum atomic E-state index is 11.3. The minimum atomic E-state index is -1.51. The van der Waals surface area contributed by atoms with Crippen LogP contribution in [0, 0.1) is 5.21 Å². The number of carboxylic acid groups (broad SMARTS) is 1. The van der Waals surface area contributed by atoms with Gasteiger partial charge in [-0.15, -0.1) is 0 Å². The van der Waals surface area contributed by atoms with Gasteiger partial charge in [-0.3, -0.25) is 0 Å². The molecule has 1 amide bonds. The van der Waals surface area contributed by atoms with E-state index in [0.717, 1.165) is 0 Å². The van der Waals surface area contributed by atoms with Crippen LogP contribution in [0.3, 0.4) is 0 Å². The maximum absolute atomic E-state index is 11.3. The molecule has 0 aromatic carbocycles. The molecule has 0 aliphatic heterocycles. The number of nitrogens with zero attached hydrogens (tertiary/aromatic N) is 3. The zero-order valence-electron chi connectivity index (χ0n) is 11.9. The van der Waals surface area contributed by atoms with Gasteiger partial charge in [-0.2, -0.15) is 0 Å². The Hall–Kier alpha value is -2.87. The number of hydrogen-bond acceptors (Lipinski definition) is 6. The SMILES string of the molecule is CC(CNc1ncccc1Nc1ccccn1)N([O-])C(=O)O. The number of carbonyl (C=O) groups is 1. The predicted molar refractivity (Wildman–Crippen MR) is 82.9 cm³/mol. The first kappa shape index (κ1) is 15.5. The average Bonchev–Trinajstić information content (AvgIpc) is 2.54. The van der Waals surface area contributed by atoms with Crippen molar-refractivity contribution in [3.8, 4) is 0 Å². The quantitative estimate of drug-likeness (QED) is 0.702. The van der Waals surface area contributed by atoms with E-state index >= 15 is 0 Å². The lowest BCUT2D eigenvalue weighted by Gasteiger charge is -2.31. The fourth-order valence-corrected chi connectivity index (χ4v) is 1.74. The van der Waals surface area contributed by atoms with Crippen molar-refractivity contribution in [1.82, 2.24) is 15.0 Å². The summed E-state index contributed by atoms with van der Waals surface area (Å²) in [6, 6.07) is 8.30. The molecule has 2 rings (SSSR count). The number of amides is 1. The molecule has 0 bridgehead atoms. The number of rotatable bonds is 6. The highest BCUT2D eigenvalue weighted by Crippen LogP contribution is 2.21. The van der Waals surface area contributed by atoms with Gasteiger partial charge in [0.15, 0.2) is 0 Å². The molecule has 2 heterocycles. The van der Waals surface area contributed by atoms with Crippen LogP contribution in [0.5, 0.6) is 0 Å². The van der Waals surface area contributed by atoms with Gasteiger partial charge in [0.2, 0.25) is 0 Å². The highest BCUT2D eigenvalue weighted by Gasteiger charge is 2.11. The van der Waals surface area contributed by atoms with Gasteiger partial charge in [0.1, 0.15) is 11.6 Å². The van der Waals surface area contributed by atoms with Crippen LogP contribution in [0.15, 0.2) is 42.7 Å². The molecule has 0 fully saturated rings. The lowest BCUT2D eigenvalue weighted by Crippen LogP contribution is -2.37. The van der Waals surface area contributed by atoms with Crippen LogP contribution in [0.4, 0.5) is 22.1 Å². The molecule has 0 aliphatic rings. The second-order valence-corrected chi connectivity index (χ2v) is 4.58. The molecule has 22 heavy (non-hydrogen) atoms. The third kappa shape index (κ3) is 4.06. The first-order valence-corrected chi connectivity index (χ1v) is 6.64. The summed E-state index contributed by atoms with van der Waals surface area (Å²) in [7, 11) is 0. The molecule has 2 aromatic heterocycles. The minimum Gasteiger partial charge on any atom is -0.753 e. The van der Waals surface area contributed by atoms with Gasteiger partial charge in [0.05, 0.1) is 5.69 Å². The van der Waals surface area contributed by atoms with Gasteiger partial charge in [0, 0.05) is 25.0 Å². The van der Waals surface area contributed by atoms with Gasteiger partial charge in [-0.1, -0.05) is 6.07 Å². The fourth-order valence-electron chi connectivity index (χ4n) is 1.74. The van der Waals surface area contributed by atoms with E-state index < -0.39 is 12.1 Å². The average molecular weight is 302 g/mol. The van der Waals surface area contributed by atoms with Crippen LogP contribution in [-0.4, -0.2) is 38.8 Å². The van der Waals surface area contributed by atoms with E-state index in [2.05, 4.69) is 20.6 Å². The summed E-state index contributed by atoms with van der Waals surface area (Å²) in [4.78, 5) is 19.0. The van der Waals surface area contributed by atoms with Crippen LogP contribution < -0.4 is 10.6 Å². The number of aromatic nitrogens is 2. The lowest BCUT2D eigenvalue weighted by molar-refractivity contribution is 0.152. The molecule has 0 saturated heterocycles. The van der Waals surface area contributed by atoms with Gasteiger partial charge >= 0.3 is 6.09 Å². The van der Waals surface area contributed by atoms with Gasteiger partial charge < -0.3 is 26.0 Å². The van der Waals surface area contributed by atoms with Crippen LogP contribution in [0.2, 0.25) is 0 Å². The monoisotopic (exact) mass is 302 g/mol. The molecule has 1 atom stereocenters. The lowest BCUT2D eigenvalue weighted by atomic mass is 10.3. The Kier molecular flexibility index (Phi) is 5.10. The van der Waals surface area contributed by atoms with E-state index in [9.17, 15) is 10.0 Å². The van der Waals surface area contributed by atoms with Crippen molar-refractivity contribution < 1.29 is 9.90 Å². The van der Waals surface area contributed by atoms with Crippen molar-refractivity contribution in [2.45, 2.75) is 13.0 Å². The number of anilines is 3. The second kappa shape index (κ2) is 7.23. The van der Waals surface area contributed by atoms with Crippen molar-refractivity contribution in [2.75, 3.05) is 17.2 Å². The standard InChI is InChI=1S/C14H16N5O3/c1-10(19(22)14(20)21)9-17-13-11(5-4-8-16-13)18-12-6-2-3-7-15-12/h2-8,10H,9H2,1H3,(H,15,18)(H,16,17)(H,20,21)/q-1. The van der Waals surface area contributed by atoms with Crippen molar-refractivity contribution in [1.29, 1.82) is 0 Å². The summed E-state index contributed by atoms with van der Waals surface area (Å²) in [6.07, 6.45) is 1.75. The molecule has 116 valence electrons. The minimum absolute atomic E-state index is 0.00178. The summed E-state index contributed by atoms with van der Waals surface area (Å²) in [5.41, 5.74) is 0.682. The number of hydrogen-bond donors (Lipinski definition) is 3. The summed E-state index contributed by atoms with van der Waals surface area (Å²) >= 11 is 0. The summed E-state index contributed by atoms with van der Waals surface area (Å²) < 4.78 is 0. The van der Waals surface area contributed by atoms with Gasteiger partial charge in [-0.05, 0) is 31.2 Å². The first-order chi connectivity index (χ1) is 10.6. The zero-order chi connectivity index (χ0) is 15.9. The van der Waals surface area contributed by atoms with E-state index in [1.807, 2.05) is 18.2 Å². The number of hydroxylamine groups is 2. The highest BCUT2D eigenvalue weighted by molar-refractivity contribution is 5.70. The van der Waals surface area contributed by atoms with Crippen LogP contribution in [0.1, 0.15) is 6.92 Å². The Morgan fingerprint density at radius 3 is 2.77 bits per heavy atom. The molecule has 8 heteroatoms. The first-order valence-electron chi connectivity index (χ1n) is 6.64. The topological polar surface area (TPSA) is 113 Å². The molecule has 2 aromatic rings.